The van der Waals surface area contributed by atoms with Crippen LogP contribution in [0.15, 0.2) is 54.2 Å². The van der Waals surface area contributed by atoms with Crippen LogP contribution in [0.4, 0.5) is 4.39 Å². The number of amides is 1. The molecule has 0 saturated carbocycles. The molecule has 1 N–H and O–H groups in total. The van der Waals surface area contributed by atoms with Crippen LogP contribution in [0.3, 0.4) is 0 Å². The molecule has 1 amide bonds. The number of likely N-dealkylation sites (tertiary alicyclic amines) is 1. The Hall–Kier alpha value is -3.06. The van der Waals surface area contributed by atoms with Gasteiger partial charge in [0, 0.05) is 24.8 Å². The number of aromatic nitrogens is 1. The molecule has 1 aliphatic heterocycles. The van der Waals surface area contributed by atoms with Gasteiger partial charge in [-0.1, -0.05) is 6.07 Å². The average molecular weight is 369 g/mol. The molecule has 0 spiro atoms. The van der Waals surface area contributed by atoms with Crippen LogP contribution < -0.4 is 0 Å². The zero-order valence-corrected chi connectivity index (χ0v) is 15.1. The first-order valence-corrected chi connectivity index (χ1v) is 8.50. The summed E-state index contributed by atoms with van der Waals surface area (Å²) in [7, 11) is 3.73. The quantitative estimate of drug-likeness (QED) is 0.497. The van der Waals surface area contributed by atoms with Crippen LogP contribution in [0.25, 0.3) is 5.76 Å². The van der Waals surface area contributed by atoms with Crippen LogP contribution in [0, 0.1) is 5.82 Å². The van der Waals surface area contributed by atoms with Crippen molar-refractivity contribution in [3.05, 3.63) is 71.3 Å². The minimum absolute atomic E-state index is 0.0379. The Morgan fingerprint density at radius 1 is 1.19 bits per heavy atom. The zero-order valence-electron chi connectivity index (χ0n) is 15.1. The number of likely N-dealkylation sites (N-methyl/N-ethyl adjacent to an activating group) is 1. The van der Waals surface area contributed by atoms with Gasteiger partial charge in [0.1, 0.15) is 17.6 Å². The lowest BCUT2D eigenvalue weighted by Gasteiger charge is -2.25. The van der Waals surface area contributed by atoms with Gasteiger partial charge < -0.3 is 14.9 Å². The van der Waals surface area contributed by atoms with Gasteiger partial charge in [-0.15, -0.1) is 0 Å². The van der Waals surface area contributed by atoms with Crippen molar-refractivity contribution in [3.63, 3.8) is 0 Å². The number of hydrogen-bond acceptors (Lipinski definition) is 5. The predicted molar refractivity (Wildman–Crippen MR) is 98.2 cm³/mol. The molecule has 1 atom stereocenters. The number of carbonyl (C=O) groups is 2. The third-order valence-electron chi connectivity index (χ3n) is 4.41. The van der Waals surface area contributed by atoms with E-state index >= 15 is 0 Å². The number of pyridine rings is 1. The highest BCUT2D eigenvalue weighted by Crippen LogP contribution is 2.38. The Bertz CT molecular complexity index is 879. The van der Waals surface area contributed by atoms with E-state index in [1.54, 1.807) is 24.4 Å². The smallest absolute Gasteiger partial charge is 0.295 e. The second kappa shape index (κ2) is 7.67. The fourth-order valence-electron chi connectivity index (χ4n) is 3.03. The van der Waals surface area contributed by atoms with Crippen LogP contribution >= 0.6 is 0 Å². The molecule has 1 saturated heterocycles. The molecule has 140 valence electrons. The van der Waals surface area contributed by atoms with E-state index in [1.807, 2.05) is 19.0 Å². The summed E-state index contributed by atoms with van der Waals surface area (Å²) in [5, 5.41) is 10.7. The number of nitrogens with zero attached hydrogens (tertiary/aromatic N) is 3. The number of Topliss-reactive ketones (excluding diaryl/α,β-unsaturated/α-hetero) is 1. The molecule has 6 nitrogen and oxygen atoms in total. The predicted octanol–water partition coefficient (Wildman–Crippen LogP) is 2.20. The Morgan fingerprint density at radius 3 is 2.48 bits per heavy atom. The molecule has 1 fully saturated rings. The number of halogens is 1. The van der Waals surface area contributed by atoms with Crippen molar-refractivity contribution in [1.82, 2.24) is 14.8 Å². The van der Waals surface area contributed by atoms with Gasteiger partial charge in [0.2, 0.25) is 0 Å². The molecule has 0 unspecified atom stereocenters. The van der Waals surface area contributed by atoms with Gasteiger partial charge in [-0.3, -0.25) is 14.6 Å². The van der Waals surface area contributed by atoms with E-state index in [0.29, 0.717) is 18.8 Å². The molecular formula is C20H20FN3O3. The summed E-state index contributed by atoms with van der Waals surface area (Å²) < 4.78 is 13.2. The molecule has 0 radical (unpaired) electrons. The maximum Gasteiger partial charge on any atom is 0.295 e. The summed E-state index contributed by atoms with van der Waals surface area (Å²) in [5.74, 6) is -2.25. The summed E-state index contributed by atoms with van der Waals surface area (Å²) >= 11 is 0. The number of aliphatic hydroxyl groups is 1. The molecular weight excluding hydrogens is 349 g/mol. The van der Waals surface area contributed by atoms with Gasteiger partial charge in [0.15, 0.2) is 0 Å². The lowest BCUT2D eigenvalue weighted by atomic mass is 9.98. The van der Waals surface area contributed by atoms with E-state index in [9.17, 15) is 19.1 Å². The minimum Gasteiger partial charge on any atom is -0.507 e. The second-order valence-corrected chi connectivity index (χ2v) is 6.56. The number of benzene rings is 1. The van der Waals surface area contributed by atoms with E-state index in [0.717, 1.165) is 0 Å². The molecule has 3 rings (SSSR count). The summed E-state index contributed by atoms with van der Waals surface area (Å²) in [4.78, 5) is 32.9. The van der Waals surface area contributed by atoms with Crippen molar-refractivity contribution in [2.24, 2.45) is 0 Å². The summed E-state index contributed by atoms with van der Waals surface area (Å²) in [6.07, 6.45) is 1.57. The first-order valence-electron chi connectivity index (χ1n) is 8.50. The first kappa shape index (κ1) is 18.7. The largest absolute Gasteiger partial charge is 0.507 e. The standard InChI is InChI=1S/C20H20FN3O3/c1-23(2)11-12-24-17(15-5-3-4-10-22-15)16(19(26)20(24)27)18(25)13-6-8-14(21)9-7-13/h3-10,17,25H,11-12H2,1-2H3/b18-16+/t17-/m1/s1. The summed E-state index contributed by atoms with van der Waals surface area (Å²) in [5.41, 5.74) is 0.714. The monoisotopic (exact) mass is 369 g/mol. The van der Waals surface area contributed by atoms with Gasteiger partial charge in [0.05, 0.1) is 11.3 Å². The summed E-state index contributed by atoms with van der Waals surface area (Å²) in [6, 6.07) is 9.51. The van der Waals surface area contributed by atoms with Crippen molar-refractivity contribution in [1.29, 1.82) is 0 Å². The zero-order chi connectivity index (χ0) is 19.6. The van der Waals surface area contributed by atoms with Gasteiger partial charge in [-0.05, 0) is 50.5 Å². The van der Waals surface area contributed by atoms with Crippen LogP contribution in [-0.2, 0) is 9.59 Å². The highest BCUT2D eigenvalue weighted by Gasteiger charge is 2.46. The molecule has 1 aliphatic rings. The third-order valence-corrected chi connectivity index (χ3v) is 4.41. The SMILES string of the molecule is CN(C)CCN1C(=O)C(=O)/C(=C(/O)c2ccc(F)cc2)[C@H]1c1ccccn1. The van der Waals surface area contributed by atoms with Crippen molar-refractivity contribution in [3.8, 4) is 0 Å². The highest BCUT2D eigenvalue weighted by atomic mass is 19.1. The van der Waals surface area contributed by atoms with Crippen LogP contribution in [0.2, 0.25) is 0 Å². The third kappa shape index (κ3) is 3.73. The molecule has 0 aliphatic carbocycles. The molecule has 1 aromatic heterocycles. The Morgan fingerprint density at radius 2 is 1.89 bits per heavy atom. The molecule has 2 aromatic rings. The maximum absolute atomic E-state index is 13.2. The highest BCUT2D eigenvalue weighted by molar-refractivity contribution is 6.46. The van der Waals surface area contributed by atoms with E-state index in [4.69, 9.17) is 0 Å². The maximum atomic E-state index is 13.2. The van der Waals surface area contributed by atoms with Gasteiger partial charge in [-0.25, -0.2) is 4.39 Å². The topological polar surface area (TPSA) is 73.7 Å². The van der Waals surface area contributed by atoms with Gasteiger partial charge in [-0.2, -0.15) is 0 Å². The van der Waals surface area contributed by atoms with Crippen molar-refractivity contribution in [2.45, 2.75) is 6.04 Å². The minimum atomic E-state index is -0.795. The lowest BCUT2D eigenvalue weighted by Crippen LogP contribution is -2.35. The van der Waals surface area contributed by atoms with Crippen LogP contribution in [0.5, 0.6) is 0 Å². The number of aliphatic hydroxyl groups excluding tert-OH is 1. The number of ketones is 1. The Kier molecular flexibility index (Phi) is 5.32. The van der Waals surface area contributed by atoms with Crippen molar-refractivity contribution < 1.29 is 19.1 Å². The first-order chi connectivity index (χ1) is 12.9. The van der Waals surface area contributed by atoms with E-state index < -0.39 is 23.5 Å². The second-order valence-electron chi connectivity index (χ2n) is 6.56. The van der Waals surface area contributed by atoms with Gasteiger partial charge >= 0.3 is 0 Å². The number of hydrogen-bond donors (Lipinski definition) is 1. The number of carbonyl (C=O) groups excluding carboxylic acids is 2. The van der Waals surface area contributed by atoms with Crippen LogP contribution in [0.1, 0.15) is 17.3 Å². The lowest BCUT2D eigenvalue weighted by molar-refractivity contribution is -0.140. The molecule has 27 heavy (non-hydrogen) atoms. The van der Waals surface area contributed by atoms with Crippen LogP contribution in [-0.4, -0.2) is 58.8 Å². The molecule has 2 heterocycles. The average Bonchev–Trinajstić information content (AvgIpc) is 2.91. The normalized spacial score (nSPS) is 19.1. The molecule has 0 bridgehead atoms. The van der Waals surface area contributed by atoms with Gasteiger partial charge in [0.25, 0.3) is 11.7 Å². The van der Waals surface area contributed by atoms with E-state index in [1.165, 1.54) is 29.2 Å². The van der Waals surface area contributed by atoms with Crippen molar-refractivity contribution in [2.75, 3.05) is 27.2 Å². The molecule has 7 heteroatoms. The summed E-state index contributed by atoms with van der Waals surface area (Å²) in [6.45, 7) is 0.853. The van der Waals surface area contributed by atoms with E-state index in [-0.39, 0.29) is 16.9 Å². The fourth-order valence-corrected chi connectivity index (χ4v) is 3.03. The van der Waals surface area contributed by atoms with Crippen molar-refractivity contribution >= 4 is 17.4 Å². The Labute approximate surface area is 156 Å². The van der Waals surface area contributed by atoms with E-state index in [2.05, 4.69) is 4.98 Å². The Balaban J connectivity index is 2.12. The fraction of sp³-hybridized carbons (Fsp3) is 0.250. The number of rotatable bonds is 5. The molecule has 1 aromatic carbocycles.